The Bertz CT molecular complexity index is 709. The molecular formula is C27H53N7O2S. The number of rotatable bonds is 11. The van der Waals surface area contributed by atoms with E-state index < -0.39 is 0 Å². The first kappa shape index (κ1) is 30.5. The van der Waals surface area contributed by atoms with Crippen LogP contribution in [0.1, 0.15) is 59.8 Å². The van der Waals surface area contributed by atoms with E-state index in [2.05, 4.69) is 64.5 Å². The molecule has 3 amide bonds. The molecule has 3 atom stereocenters. The van der Waals surface area contributed by atoms with Crippen LogP contribution in [0, 0.1) is 10.8 Å². The van der Waals surface area contributed by atoms with E-state index in [1.165, 1.54) is 0 Å². The van der Waals surface area contributed by atoms with Gasteiger partial charge in [-0.25, -0.2) is 4.79 Å². The van der Waals surface area contributed by atoms with Gasteiger partial charge in [0, 0.05) is 82.9 Å². The molecule has 0 radical (unpaired) electrons. The van der Waals surface area contributed by atoms with Crippen molar-refractivity contribution in [2.45, 2.75) is 77.1 Å². The van der Waals surface area contributed by atoms with E-state index in [4.69, 9.17) is 0 Å². The molecule has 3 aliphatic heterocycles. The third-order valence-electron chi connectivity index (χ3n) is 7.62. The standard InChI is InChI=1S/C27H53N7O2S/c1-26(2,18-27(3,4)20-34-15-13-29-11-9-28-10-12-30-14-16-34)19-31-23(35)8-6-5-7-22-24-21(17-37-22)32-25(36)33-24/h21-22,24,28-30H,5-20H2,1-4H3,(H,31,35)(H2,32,33,36)/t21-,22-,24-/m0/s1. The predicted molar refractivity (Wildman–Crippen MR) is 154 cm³/mol. The first-order valence-corrected chi connectivity index (χ1v) is 15.5. The minimum atomic E-state index is -0.0317. The Labute approximate surface area is 229 Å². The number of carbonyl (C=O) groups excluding carboxylic acids is 2. The van der Waals surface area contributed by atoms with E-state index in [0.717, 1.165) is 90.3 Å². The number of urea groups is 1. The topological polar surface area (TPSA) is 110 Å². The van der Waals surface area contributed by atoms with Crippen molar-refractivity contribution in [1.82, 2.24) is 36.8 Å². The molecule has 0 aromatic rings. The molecule has 10 heteroatoms. The number of amides is 3. The van der Waals surface area contributed by atoms with Gasteiger partial charge in [0.15, 0.2) is 0 Å². The number of carbonyl (C=O) groups is 2. The fourth-order valence-corrected chi connectivity index (χ4v) is 7.74. The van der Waals surface area contributed by atoms with Crippen LogP contribution < -0.4 is 31.9 Å². The largest absolute Gasteiger partial charge is 0.356 e. The summed E-state index contributed by atoms with van der Waals surface area (Å²) in [5.41, 5.74) is 0.200. The maximum atomic E-state index is 12.6. The maximum Gasteiger partial charge on any atom is 0.315 e. The molecule has 3 aliphatic rings. The summed E-state index contributed by atoms with van der Waals surface area (Å²) in [7, 11) is 0. The van der Waals surface area contributed by atoms with E-state index in [-0.39, 0.29) is 34.9 Å². The van der Waals surface area contributed by atoms with Crippen LogP contribution in [-0.2, 0) is 4.79 Å². The molecule has 3 saturated heterocycles. The normalized spacial score (nSPS) is 26.5. The van der Waals surface area contributed by atoms with Crippen molar-refractivity contribution in [3.05, 3.63) is 0 Å². The Morgan fingerprint density at radius 2 is 1.59 bits per heavy atom. The van der Waals surface area contributed by atoms with Crippen LogP contribution in [0.25, 0.3) is 0 Å². The van der Waals surface area contributed by atoms with Crippen molar-refractivity contribution in [2.24, 2.45) is 10.8 Å². The molecule has 37 heavy (non-hydrogen) atoms. The van der Waals surface area contributed by atoms with Gasteiger partial charge in [-0.15, -0.1) is 0 Å². The zero-order chi connectivity index (χ0) is 26.7. The second kappa shape index (κ2) is 14.9. The summed E-state index contributed by atoms with van der Waals surface area (Å²) in [5.74, 6) is 1.15. The Morgan fingerprint density at radius 1 is 0.946 bits per heavy atom. The molecule has 214 valence electrons. The van der Waals surface area contributed by atoms with E-state index in [1.807, 2.05) is 11.8 Å². The van der Waals surface area contributed by atoms with Gasteiger partial charge in [-0.3, -0.25) is 4.79 Å². The monoisotopic (exact) mass is 539 g/mol. The van der Waals surface area contributed by atoms with Gasteiger partial charge in [-0.2, -0.15) is 11.8 Å². The molecule has 3 rings (SSSR count). The van der Waals surface area contributed by atoms with Crippen molar-refractivity contribution in [3.63, 3.8) is 0 Å². The zero-order valence-electron chi connectivity index (χ0n) is 23.7. The molecule has 0 bridgehead atoms. The lowest BCUT2D eigenvalue weighted by atomic mass is 9.74. The Balaban J connectivity index is 1.32. The average Bonchev–Trinajstić information content (AvgIpc) is 3.35. The summed E-state index contributed by atoms with van der Waals surface area (Å²) >= 11 is 1.94. The van der Waals surface area contributed by atoms with Crippen molar-refractivity contribution >= 4 is 23.7 Å². The lowest BCUT2D eigenvalue weighted by molar-refractivity contribution is -0.121. The van der Waals surface area contributed by atoms with E-state index in [1.54, 1.807) is 0 Å². The first-order valence-electron chi connectivity index (χ1n) is 14.4. The summed E-state index contributed by atoms with van der Waals surface area (Å²) < 4.78 is 0. The highest BCUT2D eigenvalue weighted by Crippen LogP contribution is 2.34. The fourth-order valence-electron chi connectivity index (χ4n) is 6.19. The Hall–Kier alpha value is -1.07. The van der Waals surface area contributed by atoms with E-state index in [9.17, 15) is 9.59 Å². The highest BCUT2D eigenvalue weighted by Gasteiger charge is 2.42. The van der Waals surface area contributed by atoms with Crippen molar-refractivity contribution < 1.29 is 9.59 Å². The number of hydrogen-bond acceptors (Lipinski definition) is 7. The maximum absolute atomic E-state index is 12.6. The zero-order valence-corrected chi connectivity index (χ0v) is 24.5. The summed E-state index contributed by atoms with van der Waals surface area (Å²) in [5, 5.41) is 20.3. The molecule has 6 N–H and O–H groups in total. The summed E-state index contributed by atoms with van der Waals surface area (Å²) in [6, 6.07) is 0.494. The molecule has 3 heterocycles. The highest BCUT2D eigenvalue weighted by atomic mass is 32.2. The smallest absolute Gasteiger partial charge is 0.315 e. The van der Waals surface area contributed by atoms with Crippen LogP contribution in [0.3, 0.4) is 0 Å². The quantitative estimate of drug-likeness (QED) is 0.174. The van der Waals surface area contributed by atoms with Crippen LogP contribution >= 0.6 is 11.8 Å². The highest BCUT2D eigenvalue weighted by molar-refractivity contribution is 8.00. The molecule has 0 spiro atoms. The van der Waals surface area contributed by atoms with Gasteiger partial charge in [-0.1, -0.05) is 34.1 Å². The Kier molecular flexibility index (Phi) is 12.3. The predicted octanol–water partition coefficient (Wildman–Crippen LogP) is 1.36. The molecule has 0 unspecified atom stereocenters. The van der Waals surface area contributed by atoms with Gasteiger partial charge in [0.1, 0.15) is 0 Å². The molecule has 0 saturated carbocycles. The van der Waals surface area contributed by atoms with Crippen LogP contribution in [-0.4, -0.2) is 105 Å². The summed E-state index contributed by atoms with van der Waals surface area (Å²) in [6.07, 6.45) is 4.62. The molecule has 0 aromatic carbocycles. The molecule has 9 nitrogen and oxygen atoms in total. The minimum Gasteiger partial charge on any atom is -0.356 e. The van der Waals surface area contributed by atoms with Crippen molar-refractivity contribution in [3.8, 4) is 0 Å². The summed E-state index contributed by atoms with van der Waals surface area (Å²) in [4.78, 5) is 26.7. The van der Waals surface area contributed by atoms with Gasteiger partial charge in [0.2, 0.25) is 5.91 Å². The number of fused-ring (bicyclic) bond motifs is 1. The lowest BCUT2D eigenvalue weighted by Gasteiger charge is -2.39. The van der Waals surface area contributed by atoms with E-state index >= 15 is 0 Å². The van der Waals surface area contributed by atoms with Gasteiger partial charge >= 0.3 is 6.03 Å². The van der Waals surface area contributed by atoms with Gasteiger partial charge < -0.3 is 36.8 Å². The SMILES string of the molecule is CC(C)(CNC(=O)CCCC[C@@H]1SC[C@@H]2NC(=O)N[C@@H]21)CC(C)(C)CN1CCNCCNCCNCC1. The molecule has 0 aliphatic carbocycles. The number of nitrogens with zero attached hydrogens (tertiary/aromatic N) is 1. The third-order valence-corrected chi connectivity index (χ3v) is 9.13. The summed E-state index contributed by atoms with van der Waals surface area (Å²) in [6.45, 7) is 19.3. The van der Waals surface area contributed by atoms with Crippen LogP contribution in [0.15, 0.2) is 0 Å². The van der Waals surface area contributed by atoms with E-state index in [0.29, 0.717) is 18.2 Å². The van der Waals surface area contributed by atoms with Gasteiger partial charge in [0.05, 0.1) is 12.1 Å². The lowest BCUT2D eigenvalue weighted by Crippen LogP contribution is -2.46. The van der Waals surface area contributed by atoms with Crippen molar-refractivity contribution in [2.75, 3.05) is 71.2 Å². The van der Waals surface area contributed by atoms with Gasteiger partial charge in [-0.05, 0) is 30.1 Å². The number of thioether (sulfide) groups is 1. The number of nitrogens with one attached hydrogen (secondary N) is 6. The second-order valence-electron chi connectivity index (χ2n) is 12.7. The molecule has 3 fully saturated rings. The number of hydrogen-bond donors (Lipinski definition) is 6. The molecular weight excluding hydrogens is 486 g/mol. The fraction of sp³-hybridized carbons (Fsp3) is 0.926. The second-order valence-corrected chi connectivity index (χ2v) is 13.9. The van der Waals surface area contributed by atoms with Crippen LogP contribution in [0.5, 0.6) is 0 Å². The van der Waals surface area contributed by atoms with Crippen molar-refractivity contribution in [1.29, 1.82) is 0 Å². The first-order chi connectivity index (χ1) is 17.6. The molecule has 0 aromatic heterocycles. The van der Waals surface area contributed by atoms with Crippen LogP contribution in [0.2, 0.25) is 0 Å². The third kappa shape index (κ3) is 11.3. The Morgan fingerprint density at radius 3 is 2.27 bits per heavy atom. The average molecular weight is 540 g/mol. The minimum absolute atomic E-state index is 0.0317. The van der Waals surface area contributed by atoms with Crippen LogP contribution in [0.4, 0.5) is 4.79 Å². The van der Waals surface area contributed by atoms with Gasteiger partial charge in [0.25, 0.3) is 0 Å². The number of unbranched alkanes of at least 4 members (excludes halogenated alkanes) is 1.